The molecule has 0 aromatic heterocycles. The van der Waals surface area contributed by atoms with Gasteiger partial charge in [-0.2, -0.15) is 0 Å². The van der Waals surface area contributed by atoms with Crippen molar-refractivity contribution in [3.63, 3.8) is 0 Å². The van der Waals surface area contributed by atoms with E-state index in [1.165, 1.54) is 17.0 Å². The third-order valence-electron chi connectivity index (χ3n) is 5.57. The van der Waals surface area contributed by atoms with E-state index in [-0.39, 0.29) is 16.3 Å². The maximum absolute atomic E-state index is 13.6. The number of hydrogen-bond acceptors (Lipinski definition) is 4. The van der Waals surface area contributed by atoms with Crippen LogP contribution >= 0.6 is 11.6 Å². The van der Waals surface area contributed by atoms with Crippen molar-refractivity contribution in [2.75, 3.05) is 0 Å². The summed E-state index contributed by atoms with van der Waals surface area (Å²) in [5, 5.41) is 11.2. The van der Waals surface area contributed by atoms with Crippen LogP contribution in [0.4, 0.5) is 0 Å². The topological polar surface area (TPSA) is 74.7 Å². The Hall–Kier alpha value is -3.09. The summed E-state index contributed by atoms with van der Waals surface area (Å²) >= 11 is 6.31. The molecule has 4 rings (SSSR count). The largest absolute Gasteiger partial charge is 0.502 e. The fraction of sp³-hybridized carbons (Fsp3) is 0.160. The lowest BCUT2D eigenvalue weighted by Crippen LogP contribution is -2.30. The maximum atomic E-state index is 13.6. The summed E-state index contributed by atoms with van der Waals surface area (Å²) in [6.07, 6.45) is 0. The predicted molar refractivity (Wildman–Crippen MR) is 124 cm³/mol. The molecule has 1 N–H and O–H groups in total. The zero-order valence-corrected chi connectivity index (χ0v) is 19.2. The lowest BCUT2D eigenvalue weighted by molar-refractivity contribution is -0.130. The predicted octanol–water partition coefficient (Wildman–Crippen LogP) is 5.28. The zero-order chi connectivity index (χ0) is 23.0. The van der Waals surface area contributed by atoms with Crippen molar-refractivity contribution in [1.29, 1.82) is 0 Å². The number of carbonyl (C=O) groups is 1. The average molecular weight is 468 g/mol. The summed E-state index contributed by atoms with van der Waals surface area (Å²) in [5.74, 6) is -1.51. The number of aryl methyl sites for hydroxylation is 2. The second-order valence-corrected chi connectivity index (χ2v) is 10.2. The lowest BCUT2D eigenvalue weighted by Gasteiger charge is -2.27. The molecular weight excluding hydrogens is 446 g/mol. The SMILES string of the molecule is Cc1ccc(C2C(S(=O)(=O)c3ccc(C)cc3)=C(O)C(=O)N2Cc2ccccc2Cl)cc1. The van der Waals surface area contributed by atoms with Gasteiger partial charge in [-0.05, 0) is 43.2 Å². The van der Waals surface area contributed by atoms with Crippen molar-refractivity contribution in [2.45, 2.75) is 31.3 Å². The summed E-state index contributed by atoms with van der Waals surface area (Å²) in [4.78, 5) is 14.2. The molecule has 5 nitrogen and oxygen atoms in total. The fourth-order valence-electron chi connectivity index (χ4n) is 3.80. The average Bonchev–Trinajstić information content (AvgIpc) is 3.02. The first kappa shape index (κ1) is 22.1. The first-order valence-electron chi connectivity index (χ1n) is 10.1. The molecule has 164 valence electrons. The Morgan fingerprint density at radius 3 is 2.06 bits per heavy atom. The second kappa shape index (κ2) is 8.45. The zero-order valence-electron chi connectivity index (χ0n) is 17.6. The first-order valence-corrected chi connectivity index (χ1v) is 11.9. The molecule has 32 heavy (non-hydrogen) atoms. The van der Waals surface area contributed by atoms with Crippen LogP contribution in [0.25, 0.3) is 0 Å². The van der Waals surface area contributed by atoms with Gasteiger partial charge in [-0.15, -0.1) is 0 Å². The van der Waals surface area contributed by atoms with Crippen LogP contribution in [0.3, 0.4) is 0 Å². The Morgan fingerprint density at radius 1 is 0.906 bits per heavy atom. The number of hydrogen-bond donors (Lipinski definition) is 1. The highest BCUT2D eigenvalue weighted by atomic mass is 35.5. The van der Waals surface area contributed by atoms with E-state index >= 15 is 0 Å². The lowest BCUT2D eigenvalue weighted by atomic mass is 10.0. The van der Waals surface area contributed by atoms with Crippen molar-refractivity contribution in [1.82, 2.24) is 4.90 Å². The van der Waals surface area contributed by atoms with E-state index in [9.17, 15) is 18.3 Å². The number of rotatable bonds is 5. The molecule has 0 saturated heterocycles. The minimum atomic E-state index is -4.15. The van der Waals surface area contributed by atoms with Gasteiger partial charge in [-0.25, -0.2) is 8.42 Å². The van der Waals surface area contributed by atoms with E-state index in [1.54, 1.807) is 48.5 Å². The number of halogens is 1. The Morgan fingerprint density at radius 2 is 1.47 bits per heavy atom. The van der Waals surface area contributed by atoms with E-state index in [1.807, 2.05) is 26.0 Å². The summed E-state index contributed by atoms with van der Waals surface area (Å²) < 4.78 is 27.2. The molecule has 1 aliphatic rings. The Labute approximate surface area is 192 Å². The van der Waals surface area contributed by atoms with Gasteiger partial charge in [-0.3, -0.25) is 4.79 Å². The van der Waals surface area contributed by atoms with Gasteiger partial charge in [0.25, 0.3) is 5.91 Å². The smallest absolute Gasteiger partial charge is 0.290 e. The molecule has 1 amide bonds. The quantitative estimate of drug-likeness (QED) is 0.553. The summed E-state index contributed by atoms with van der Waals surface area (Å²) in [6, 6.07) is 19.6. The van der Waals surface area contributed by atoms with Gasteiger partial charge >= 0.3 is 0 Å². The van der Waals surface area contributed by atoms with Gasteiger partial charge in [0.15, 0.2) is 5.76 Å². The third kappa shape index (κ3) is 3.92. The number of aliphatic hydroxyl groups excluding tert-OH is 1. The molecule has 1 atom stereocenters. The van der Waals surface area contributed by atoms with E-state index in [2.05, 4.69) is 0 Å². The van der Waals surface area contributed by atoms with Gasteiger partial charge in [0.05, 0.1) is 10.9 Å². The number of amides is 1. The number of sulfone groups is 1. The highest BCUT2D eigenvalue weighted by molar-refractivity contribution is 7.95. The monoisotopic (exact) mass is 467 g/mol. The van der Waals surface area contributed by atoms with Crippen LogP contribution in [0, 0.1) is 13.8 Å². The minimum Gasteiger partial charge on any atom is -0.502 e. The number of carbonyl (C=O) groups excluding carboxylic acids is 1. The highest BCUT2D eigenvalue weighted by Gasteiger charge is 2.46. The molecule has 0 fully saturated rings. The number of benzene rings is 3. The van der Waals surface area contributed by atoms with Crippen LogP contribution in [0.2, 0.25) is 5.02 Å². The molecule has 3 aromatic carbocycles. The Bertz CT molecular complexity index is 1310. The molecule has 7 heteroatoms. The Kier molecular flexibility index (Phi) is 5.84. The van der Waals surface area contributed by atoms with Crippen LogP contribution in [-0.4, -0.2) is 24.3 Å². The first-order chi connectivity index (χ1) is 15.2. The molecule has 0 aliphatic carbocycles. The van der Waals surface area contributed by atoms with Crippen molar-refractivity contribution in [2.24, 2.45) is 0 Å². The highest BCUT2D eigenvalue weighted by Crippen LogP contribution is 2.43. The molecule has 0 spiro atoms. The molecule has 1 aliphatic heterocycles. The molecular formula is C25H22ClNO4S. The fourth-order valence-corrected chi connectivity index (χ4v) is 5.64. The number of aliphatic hydroxyl groups is 1. The molecule has 3 aromatic rings. The van der Waals surface area contributed by atoms with Crippen molar-refractivity contribution >= 4 is 27.3 Å². The van der Waals surface area contributed by atoms with Crippen LogP contribution in [0.5, 0.6) is 0 Å². The van der Waals surface area contributed by atoms with Crippen molar-refractivity contribution in [3.05, 3.63) is 111 Å². The van der Waals surface area contributed by atoms with Gasteiger partial charge < -0.3 is 10.0 Å². The standard InChI is InChI=1S/C25H22ClNO4S/c1-16-7-11-18(12-8-16)22-24(32(30,31)20-13-9-17(2)10-14-20)23(28)25(29)27(22)15-19-5-3-4-6-21(19)26/h3-14,22,28H,15H2,1-2H3. The second-order valence-electron chi connectivity index (χ2n) is 7.87. The van der Waals surface area contributed by atoms with Crippen LogP contribution in [-0.2, 0) is 21.2 Å². The van der Waals surface area contributed by atoms with E-state index in [4.69, 9.17) is 11.6 Å². The minimum absolute atomic E-state index is 0.0224. The maximum Gasteiger partial charge on any atom is 0.290 e. The third-order valence-corrected chi connectivity index (χ3v) is 7.83. The summed E-state index contributed by atoms with van der Waals surface area (Å²) in [6.45, 7) is 3.82. The summed E-state index contributed by atoms with van der Waals surface area (Å²) in [7, 11) is -4.15. The van der Waals surface area contributed by atoms with Crippen molar-refractivity contribution < 1.29 is 18.3 Å². The van der Waals surface area contributed by atoms with Crippen LogP contribution in [0.1, 0.15) is 28.3 Å². The van der Waals surface area contributed by atoms with Crippen LogP contribution < -0.4 is 0 Å². The van der Waals surface area contributed by atoms with E-state index in [0.29, 0.717) is 16.1 Å². The van der Waals surface area contributed by atoms with Gasteiger partial charge in [-0.1, -0.05) is 77.3 Å². The van der Waals surface area contributed by atoms with Gasteiger partial charge in [0, 0.05) is 11.6 Å². The van der Waals surface area contributed by atoms with Gasteiger partial charge in [0.1, 0.15) is 4.91 Å². The molecule has 0 bridgehead atoms. The molecule has 0 saturated carbocycles. The van der Waals surface area contributed by atoms with E-state index < -0.39 is 27.5 Å². The number of nitrogens with zero attached hydrogens (tertiary/aromatic N) is 1. The van der Waals surface area contributed by atoms with E-state index in [0.717, 1.165) is 11.1 Å². The van der Waals surface area contributed by atoms with Crippen LogP contribution in [0.15, 0.2) is 88.4 Å². The normalized spacial score (nSPS) is 16.7. The summed E-state index contributed by atoms with van der Waals surface area (Å²) in [5.41, 5.74) is 3.14. The Balaban J connectivity index is 1.87. The molecule has 0 radical (unpaired) electrons. The molecule has 1 unspecified atom stereocenters. The van der Waals surface area contributed by atoms with Gasteiger partial charge in [0.2, 0.25) is 9.84 Å². The molecule has 1 heterocycles. The van der Waals surface area contributed by atoms with Crippen molar-refractivity contribution in [3.8, 4) is 0 Å².